The van der Waals surface area contributed by atoms with Gasteiger partial charge in [-0.3, -0.25) is 0 Å². The molecule has 0 aliphatic heterocycles. The minimum absolute atomic E-state index is 0.511. The van der Waals surface area contributed by atoms with Crippen LogP contribution >= 0.6 is 15.9 Å². The molecule has 0 fully saturated rings. The fraction of sp³-hybridized carbons (Fsp3) is 0.200. The van der Waals surface area contributed by atoms with Crippen LogP contribution in [0.3, 0.4) is 0 Å². The van der Waals surface area contributed by atoms with Crippen LogP contribution in [0.4, 0.5) is 0 Å². The van der Waals surface area contributed by atoms with E-state index in [4.69, 9.17) is 4.74 Å². The van der Waals surface area contributed by atoms with Crippen molar-refractivity contribution in [1.29, 1.82) is 0 Å². The third kappa shape index (κ3) is 2.02. The quantitative estimate of drug-likeness (QED) is 0.839. The second-order valence-corrected chi connectivity index (χ2v) is 4.02. The molecule has 2 rings (SSSR count). The molecule has 0 saturated heterocycles. The highest BCUT2D eigenvalue weighted by Crippen LogP contribution is 2.18. The second-order valence-electron chi connectivity index (χ2n) is 3.11. The average Bonchev–Trinajstić information content (AvgIpc) is 2.66. The number of hydrogen-bond acceptors (Lipinski definition) is 3. The zero-order valence-corrected chi connectivity index (χ0v) is 10.0. The van der Waals surface area contributed by atoms with Crippen LogP contribution in [0, 0.1) is 6.92 Å². The Labute approximate surface area is 96.0 Å². The molecule has 15 heavy (non-hydrogen) atoms. The average molecular weight is 268 g/mol. The molecule has 78 valence electrons. The molecule has 4 nitrogen and oxygen atoms in total. The number of ether oxygens (including phenoxy) is 1. The fourth-order valence-electron chi connectivity index (χ4n) is 1.30. The molecule has 1 heterocycles. The van der Waals surface area contributed by atoms with Crippen molar-refractivity contribution in [2.75, 3.05) is 7.11 Å². The number of hydrogen-bond donors (Lipinski definition) is 0. The first-order chi connectivity index (χ1) is 7.20. The summed E-state index contributed by atoms with van der Waals surface area (Å²) in [7, 11) is 1.57. The van der Waals surface area contributed by atoms with Crippen LogP contribution in [-0.4, -0.2) is 22.1 Å². The van der Waals surface area contributed by atoms with Gasteiger partial charge in [0, 0.05) is 4.47 Å². The summed E-state index contributed by atoms with van der Waals surface area (Å²) >= 11 is 3.41. The molecule has 1 aromatic carbocycles. The second kappa shape index (κ2) is 4.02. The van der Waals surface area contributed by atoms with Gasteiger partial charge in [-0.2, -0.15) is 5.10 Å². The summed E-state index contributed by atoms with van der Waals surface area (Å²) in [6, 6.07) is 5.93. The lowest BCUT2D eigenvalue weighted by Gasteiger charge is -2.03. The summed E-state index contributed by atoms with van der Waals surface area (Å²) < 4.78 is 6.02. The molecule has 0 aliphatic carbocycles. The van der Waals surface area contributed by atoms with Gasteiger partial charge in [-0.05, 0) is 30.7 Å². The molecule has 1 aromatic heterocycles. The molecule has 0 unspecified atom stereocenters. The number of nitrogens with zero attached hydrogens (tertiary/aromatic N) is 3. The van der Waals surface area contributed by atoms with Crippen molar-refractivity contribution in [3.8, 4) is 11.6 Å². The van der Waals surface area contributed by atoms with Gasteiger partial charge in [-0.1, -0.05) is 15.9 Å². The van der Waals surface area contributed by atoms with E-state index in [1.807, 2.05) is 25.1 Å². The van der Waals surface area contributed by atoms with Crippen molar-refractivity contribution >= 4 is 15.9 Å². The normalized spacial score (nSPS) is 10.3. The van der Waals surface area contributed by atoms with Gasteiger partial charge in [0.15, 0.2) is 0 Å². The summed E-state index contributed by atoms with van der Waals surface area (Å²) in [5.41, 5.74) is 2.05. The Morgan fingerprint density at radius 2 is 2.20 bits per heavy atom. The predicted molar refractivity (Wildman–Crippen MR) is 60.3 cm³/mol. The molecule has 0 radical (unpaired) electrons. The zero-order valence-electron chi connectivity index (χ0n) is 8.44. The summed E-state index contributed by atoms with van der Waals surface area (Å²) in [5, 5.41) is 8.27. The monoisotopic (exact) mass is 267 g/mol. The minimum Gasteiger partial charge on any atom is -0.479 e. The number of rotatable bonds is 2. The summed E-state index contributed by atoms with van der Waals surface area (Å²) in [4.78, 5) is 1.56. The number of methoxy groups -OCH3 is 1. The molecule has 0 atom stereocenters. The van der Waals surface area contributed by atoms with Gasteiger partial charge in [-0.15, -0.1) is 9.90 Å². The molecule has 0 bridgehead atoms. The Hall–Kier alpha value is -1.36. The maximum atomic E-state index is 4.98. The largest absolute Gasteiger partial charge is 0.479 e. The maximum absolute atomic E-state index is 4.98. The standard InChI is InChI=1S/C10H10BrN3O/c1-7-5-8(11)3-4-9(7)14-12-6-10(13-14)15-2/h3-6H,1-2H3. The molecular formula is C10H10BrN3O. The predicted octanol–water partition coefficient (Wildman–Crippen LogP) is 2.35. The van der Waals surface area contributed by atoms with E-state index in [2.05, 4.69) is 26.1 Å². The highest BCUT2D eigenvalue weighted by molar-refractivity contribution is 9.10. The Morgan fingerprint density at radius 3 is 2.80 bits per heavy atom. The first kappa shape index (κ1) is 10.2. The fourth-order valence-corrected chi connectivity index (χ4v) is 1.78. The van der Waals surface area contributed by atoms with E-state index in [0.717, 1.165) is 15.7 Å². The van der Waals surface area contributed by atoms with Crippen LogP contribution in [0.25, 0.3) is 5.69 Å². The van der Waals surface area contributed by atoms with Crippen LogP contribution in [0.15, 0.2) is 28.9 Å². The first-order valence-corrected chi connectivity index (χ1v) is 5.23. The minimum atomic E-state index is 0.511. The van der Waals surface area contributed by atoms with Crippen LogP contribution in [0.1, 0.15) is 5.56 Å². The van der Waals surface area contributed by atoms with Gasteiger partial charge in [0.1, 0.15) is 6.20 Å². The van der Waals surface area contributed by atoms with Crippen LogP contribution in [0.5, 0.6) is 5.88 Å². The van der Waals surface area contributed by atoms with Crippen molar-refractivity contribution in [1.82, 2.24) is 15.0 Å². The molecule has 0 aliphatic rings. The molecule has 0 spiro atoms. The number of aryl methyl sites for hydroxylation is 1. The highest BCUT2D eigenvalue weighted by atomic mass is 79.9. The summed E-state index contributed by atoms with van der Waals surface area (Å²) in [5.74, 6) is 0.511. The van der Waals surface area contributed by atoms with Crippen LogP contribution in [0.2, 0.25) is 0 Å². The Morgan fingerprint density at radius 1 is 1.40 bits per heavy atom. The van der Waals surface area contributed by atoms with Gasteiger partial charge < -0.3 is 4.74 Å². The van der Waals surface area contributed by atoms with Crippen molar-refractivity contribution in [2.45, 2.75) is 6.92 Å². The maximum Gasteiger partial charge on any atom is 0.253 e. The van der Waals surface area contributed by atoms with Crippen LogP contribution < -0.4 is 4.74 Å². The highest BCUT2D eigenvalue weighted by Gasteiger charge is 2.05. The van der Waals surface area contributed by atoms with Gasteiger partial charge >= 0.3 is 0 Å². The van der Waals surface area contributed by atoms with Crippen molar-refractivity contribution in [3.05, 3.63) is 34.4 Å². The van der Waals surface area contributed by atoms with Crippen molar-refractivity contribution in [3.63, 3.8) is 0 Å². The van der Waals surface area contributed by atoms with Gasteiger partial charge in [-0.25, -0.2) is 0 Å². The number of halogens is 1. The Kier molecular flexibility index (Phi) is 2.73. The van der Waals surface area contributed by atoms with E-state index in [-0.39, 0.29) is 0 Å². The van der Waals surface area contributed by atoms with Gasteiger partial charge in [0.2, 0.25) is 0 Å². The lowest BCUT2D eigenvalue weighted by molar-refractivity contribution is 0.394. The van der Waals surface area contributed by atoms with E-state index in [1.165, 1.54) is 0 Å². The number of aromatic nitrogens is 3. The topological polar surface area (TPSA) is 39.9 Å². The molecular weight excluding hydrogens is 258 g/mol. The molecule has 2 aromatic rings. The lowest BCUT2D eigenvalue weighted by Crippen LogP contribution is -2.01. The third-order valence-corrected chi connectivity index (χ3v) is 2.55. The van der Waals surface area contributed by atoms with Gasteiger partial charge in [0.25, 0.3) is 5.88 Å². The van der Waals surface area contributed by atoms with Crippen molar-refractivity contribution < 1.29 is 4.74 Å². The smallest absolute Gasteiger partial charge is 0.253 e. The van der Waals surface area contributed by atoms with E-state index >= 15 is 0 Å². The van der Waals surface area contributed by atoms with Crippen LogP contribution in [-0.2, 0) is 0 Å². The summed E-state index contributed by atoms with van der Waals surface area (Å²) in [6.07, 6.45) is 1.58. The molecule has 0 N–H and O–H groups in total. The SMILES string of the molecule is COc1cnn(-c2ccc(Br)cc2C)n1. The number of benzene rings is 1. The molecule has 5 heteroatoms. The molecule has 0 amide bonds. The Balaban J connectivity index is 2.44. The zero-order chi connectivity index (χ0) is 10.8. The summed E-state index contributed by atoms with van der Waals surface area (Å²) in [6.45, 7) is 2.01. The Bertz CT molecular complexity index is 481. The molecule has 0 saturated carbocycles. The van der Waals surface area contributed by atoms with E-state index in [9.17, 15) is 0 Å². The first-order valence-electron chi connectivity index (χ1n) is 4.43. The van der Waals surface area contributed by atoms with E-state index in [1.54, 1.807) is 18.1 Å². The third-order valence-electron chi connectivity index (χ3n) is 2.05. The lowest BCUT2D eigenvalue weighted by atomic mass is 10.2. The van der Waals surface area contributed by atoms with E-state index in [0.29, 0.717) is 5.88 Å². The van der Waals surface area contributed by atoms with Gasteiger partial charge in [0.05, 0.1) is 12.8 Å². The van der Waals surface area contributed by atoms with E-state index < -0.39 is 0 Å². The van der Waals surface area contributed by atoms with Crippen molar-refractivity contribution in [2.24, 2.45) is 0 Å².